The summed E-state index contributed by atoms with van der Waals surface area (Å²) in [5, 5.41) is 51.0. The highest BCUT2D eigenvalue weighted by atomic mass is 32.1. The zero-order valence-electron chi connectivity index (χ0n) is 7.74. The lowest BCUT2D eigenvalue weighted by atomic mass is 9.98. The SMILES string of the molecule is OCC(O)C(O)[C@H]1NC(=S)N[C@@H](O)[C@@H]1O. The summed E-state index contributed by atoms with van der Waals surface area (Å²) >= 11 is 4.71. The Morgan fingerprint density at radius 1 is 1.27 bits per heavy atom. The lowest BCUT2D eigenvalue weighted by Gasteiger charge is -2.38. The van der Waals surface area contributed by atoms with Crippen LogP contribution in [0.4, 0.5) is 0 Å². The van der Waals surface area contributed by atoms with Crippen LogP contribution in [-0.4, -0.2) is 67.8 Å². The maximum atomic E-state index is 9.52. The van der Waals surface area contributed by atoms with Crippen molar-refractivity contribution in [3.63, 3.8) is 0 Å². The molecular weight excluding hydrogens is 224 g/mol. The van der Waals surface area contributed by atoms with E-state index in [0.29, 0.717) is 0 Å². The van der Waals surface area contributed by atoms with Crippen molar-refractivity contribution in [1.29, 1.82) is 0 Å². The van der Waals surface area contributed by atoms with Crippen molar-refractivity contribution >= 4 is 17.3 Å². The Balaban J connectivity index is 2.70. The third-order valence-corrected chi connectivity index (χ3v) is 2.45. The van der Waals surface area contributed by atoms with Crippen molar-refractivity contribution in [2.75, 3.05) is 6.61 Å². The summed E-state index contributed by atoms with van der Waals surface area (Å²) in [5.74, 6) is 0. The average molecular weight is 238 g/mol. The fourth-order valence-corrected chi connectivity index (χ4v) is 1.59. The molecule has 7 N–H and O–H groups in total. The molecule has 0 bridgehead atoms. The van der Waals surface area contributed by atoms with Gasteiger partial charge < -0.3 is 36.2 Å². The summed E-state index contributed by atoms with van der Waals surface area (Å²) in [6, 6.07) is -1.03. The molecule has 1 aliphatic heterocycles. The molecule has 2 unspecified atom stereocenters. The quantitative estimate of drug-likeness (QED) is 0.250. The molecule has 1 fully saturated rings. The highest BCUT2D eigenvalue weighted by molar-refractivity contribution is 7.80. The van der Waals surface area contributed by atoms with E-state index in [1.165, 1.54) is 0 Å². The van der Waals surface area contributed by atoms with Crippen molar-refractivity contribution in [1.82, 2.24) is 10.6 Å². The van der Waals surface area contributed by atoms with Crippen molar-refractivity contribution in [2.45, 2.75) is 30.6 Å². The summed E-state index contributed by atoms with van der Waals surface area (Å²) in [4.78, 5) is 0. The van der Waals surface area contributed by atoms with E-state index in [0.717, 1.165) is 0 Å². The summed E-state index contributed by atoms with van der Waals surface area (Å²) in [7, 11) is 0. The Morgan fingerprint density at radius 3 is 2.40 bits per heavy atom. The first-order valence-electron chi connectivity index (χ1n) is 4.37. The number of hydrogen-bond acceptors (Lipinski definition) is 6. The maximum absolute atomic E-state index is 9.52. The van der Waals surface area contributed by atoms with Gasteiger partial charge in [-0.1, -0.05) is 0 Å². The van der Waals surface area contributed by atoms with Crippen LogP contribution in [0.5, 0.6) is 0 Å². The van der Waals surface area contributed by atoms with Crippen LogP contribution in [0.2, 0.25) is 0 Å². The highest BCUT2D eigenvalue weighted by Gasteiger charge is 2.39. The fraction of sp³-hybridized carbons (Fsp3) is 0.857. The first-order chi connectivity index (χ1) is 6.97. The van der Waals surface area contributed by atoms with Gasteiger partial charge in [0.1, 0.15) is 18.3 Å². The molecule has 0 amide bonds. The van der Waals surface area contributed by atoms with Crippen molar-refractivity contribution in [2.24, 2.45) is 0 Å². The second-order valence-electron chi connectivity index (χ2n) is 3.32. The van der Waals surface area contributed by atoms with Gasteiger partial charge in [-0.3, -0.25) is 0 Å². The first kappa shape index (κ1) is 12.6. The predicted octanol–water partition coefficient (Wildman–Crippen LogP) is -3.77. The van der Waals surface area contributed by atoms with Crippen LogP contribution in [0.3, 0.4) is 0 Å². The normalized spacial score (nSPS) is 35.3. The number of aliphatic hydroxyl groups excluding tert-OH is 5. The Morgan fingerprint density at radius 2 is 1.87 bits per heavy atom. The Labute approximate surface area is 91.4 Å². The molecule has 0 aliphatic carbocycles. The minimum absolute atomic E-state index is 0.0574. The van der Waals surface area contributed by atoms with Crippen LogP contribution in [0, 0.1) is 0 Å². The van der Waals surface area contributed by atoms with Gasteiger partial charge in [0.05, 0.1) is 12.6 Å². The van der Waals surface area contributed by atoms with Gasteiger partial charge >= 0.3 is 0 Å². The van der Waals surface area contributed by atoms with E-state index in [9.17, 15) is 20.4 Å². The van der Waals surface area contributed by atoms with Gasteiger partial charge in [0.25, 0.3) is 0 Å². The van der Waals surface area contributed by atoms with E-state index >= 15 is 0 Å². The maximum Gasteiger partial charge on any atom is 0.168 e. The van der Waals surface area contributed by atoms with Gasteiger partial charge in [-0.25, -0.2) is 0 Å². The molecule has 0 aromatic rings. The molecule has 0 aromatic carbocycles. The summed E-state index contributed by atoms with van der Waals surface area (Å²) in [6.07, 6.45) is -5.50. The van der Waals surface area contributed by atoms with E-state index in [1.807, 2.05) is 0 Å². The zero-order chi connectivity index (χ0) is 11.6. The van der Waals surface area contributed by atoms with Crippen LogP contribution in [0.1, 0.15) is 0 Å². The smallest absolute Gasteiger partial charge is 0.168 e. The molecule has 0 aromatic heterocycles. The molecule has 1 heterocycles. The molecular formula is C7H14N2O5S. The summed E-state index contributed by atoms with van der Waals surface area (Å²) < 4.78 is 0. The van der Waals surface area contributed by atoms with Crippen LogP contribution in [-0.2, 0) is 0 Å². The average Bonchev–Trinajstić information content (AvgIpc) is 2.21. The third-order valence-electron chi connectivity index (χ3n) is 2.22. The van der Waals surface area contributed by atoms with Gasteiger partial charge in [-0.05, 0) is 12.2 Å². The minimum Gasteiger partial charge on any atom is -0.394 e. The third kappa shape index (κ3) is 2.74. The molecule has 15 heavy (non-hydrogen) atoms. The van der Waals surface area contributed by atoms with E-state index in [4.69, 9.17) is 17.3 Å². The Hall–Kier alpha value is -0.510. The standard InChI is InChI=1S/C7H14N2O5S/c10-1-2(11)4(12)3-5(13)6(14)9-7(15)8-3/h2-6,10-14H,1H2,(H2,8,9,15)/t2?,3-,4?,5-,6+/m1/s1. The van der Waals surface area contributed by atoms with Crippen LogP contribution in [0.25, 0.3) is 0 Å². The molecule has 8 heteroatoms. The molecule has 88 valence electrons. The van der Waals surface area contributed by atoms with Crippen LogP contribution in [0.15, 0.2) is 0 Å². The number of rotatable bonds is 3. The van der Waals surface area contributed by atoms with Gasteiger partial charge in [-0.15, -0.1) is 0 Å². The van der Waals surface area contributed by atoms with Crippen LogP contribution < -0.4 is 10.6 Å². The van der Waals surface area contributed by atoms with E-state index in [2.05, 4.69) is 10.6 Å². The van der Waals surface area contributed by atoms with Crippen LogP contribution >= 0.6 is 12.2 Å². The van der Waals surface area contributed by atoms with Gasteiger partial charge in [0, 0.05) is 0 Å². The van der Waals surface area contributed by atoms with E-state index < -0.39 is 37.2 Å². The highest BCUT2D eigenvalue weighted by Crippen LogP contribution is 2.10. The molecule has 0 radical (unpaired) electrons. The monoisotopic (exact) mass is 238 g/mol. The summed E-state index contributed by atoms with van der Waals surface area (Å²) in [6.45, 7) is -0.650. The van der Waals surface area contributed by atoms with Gasteiger partial charge in [0.2, 0.25) is 0 Å². The fourth-order valence-electron chi connectivity index (χ4n) is 1.33. The number of aliphatic hydroxyl groups is 5. The first-order valence-corrected chi connectivity index (χ1v) is 4.78. The lowest BCUT2D eigenvalue weighted by Crippen LogP contribution is -2.68. The number of nitrogens with one attached hydrogen (secondary N) is 2. The largest absolute Gasteiger partial charge is 0.394 e. The second-order valence-corrected chi connectivity index (χ2v) is 3.73. The molecule has 0 spiro atoms. The van der Waals surface area contributed by atoms with Crippen molar-refractivity contribution < 1.29 is 25.5 Å². The van der Waals surface area contributed by atoms with Crippen molar-refractivity contribution in [3.8, 4) is 0 Å². The number of thiocarbonyl (C=S) groups is 1. The molecule has 7 nitrogen and oxygen atoms in total. The predicted molar refractivity (Wildman–Crippen MR) is 53.8 cm³/mol. The second kappa shape index (κ2) is 5.01. The minimum atomic E-state index is -1.43. The van der Waals surface area contributed by atoms with E-state index in [-0.39, 0.29) is 5.11 Å². The molecule has 0 saturated carbocycles. The molecule has 5 atom stereocenters. The molecule has 1 saturated heterocycles. The summed E-state index contributed by atoms with van der Waals surface area (Å²) in [5.41, 5.74) is 0. The van der Waals surface area contributed by atoms with Crippen molar-refractivity contribution in [3.05, 3.63) is 0 Å². The Kier molecular flexibility index (Phi) is 4.20. The Bertz CT molecular complexity index is 241. The van der Waals surface area contributed by atoms with E-state index in [1.54, 1.807) is 0 Å². The van der Waals surface area contributed by atoms with Gasteiger partial charge in [-0.2, -0.15) is 0 Å². The lowest BCUT2D eigenvalue weighted by molar-refractivity contribution is -0.0895. The van der Waals surface area contributed by atoms with Gasteiger partial charge in [0.15, 0.2) is 11.3 Å². The number of hydrogen-bond donors (Lipinski definition) is 7. The molecule has 1 aliphatic rings. The topological polar surface area (TPSA) is 125 Å². The zero-order valence-corrected chi connectivity index (χ0v) is 8.55. The molecule has 1 rings (SSSR count).